The zero-order chi connectivity index (χ0) is 24.7. The van der Waals surface area contributed by atoms with Gasteiger partial charge in [0.05, 0.1) is 18.7 Å². The van der Waals surface area contributed by atoms with Gasteiger partial charge in [-0.15, -0.1) is 0 Å². The van der Waals surface area contributed by atoms with Crippen molar-refractivity contribution in [2.45, 2.75) is 32.6 Å². The van der Waals surface area contributed by atoms with Crippen LogP contribution in [-0.2, 0) is 23.1 Å². The van der Waals surface area contributed by atoms with Gasteiger partial charge >= 0.3 is 0 Å². The summed E-state index contributed by atoms with van der Waals surface area (Å²) < 4.78 is 15.9. The molecule has 1 N–H and O–H groups in total. The van der Waals surface area contributed by atoms with E-state index >= 15 is 0 Å². The summed E-state index contributed by atoms with van der Waals surface area (Å²) in [5, 5.41) is 16.6. The van der Waals surface area contributed by atoms with Crippen molar-refractivity contribution in [1.29, 1.82) is 5.26 Å². The third-order valence-electron chi connectivity index (χ3n) is 6.71. The predicted octanol–water partition coefficient (Wildman–Crippen LogP) is 3.77. The number of hydrogen-bond donors (Lipinski definition) is 1. The number of carbonyl (C=O) groups excluding carboxylic acids is 2. The van der Waals surface area contributed by atoms with E-state index in [1.54, 1.807) is 54.1 Å². The van der Waals surface area contributed by atoms with E-state index in [0.29, 0.717) is 41.3 Å². The largest absolute Gasteiger partial charge is 0.311 e. The maximum Gasteiger partial charge on any atom is 0.247 e. The number of nitrogens with zero attached hydrogens (tertiary/aromatic N) is 5. The summed E-state index contributed by atoms with van der Waals surface area (Å²) in [5.41, 5.74) is 2.22. The molecule has 8 nitrogen and oxygen atoms in total. The second kappa shape index (κ2) is 8.62. The maximum atomic E-state index is 14.2. The van der Waals surface area contributed by atoms with Crippen molar-refractivity contribution in [3.05, 3.63) is 59.8 Å². The number of hydrogen-bond acceptors (Lipinski definition) is 5. The van der Waals surface area contributed by atoms with Crippen LogP contribution < -0.4 is 10.2 Å². The molecule has 35 heavy (non-hydrogen) atoms. The van der Waals surface area contributed by atoms with E-state index in [2.05, 4.69) is 21.5 Å². The number of rotatable bonds is 6. The predicted molar refractivity (Wildman–Crippen MR) is 128 cm³/mol. The molecule has 1 saturated carbocycles. The van der Waals surface area contributed by atoms with Crippen molar-refractivity contribution in [1.82, 2.24) is 14.8 Å². The molecule has 178 valence electrons. The highest BCUT2D eigenvalue weighted by Crippen LogP contribution is 2.52. The second-order valence-electron chi connectivity index (χ2n) is 9.39. The smallest absolute Gasteiger partial charge is 0.247 e. The second-order valence-corrected chi connectivity index (χ2v) is 9.39. The molecule has 1 saturated heterocycles. The lowest BCUT2D eigenvalue weighted by Crippen LogP contribution is -2.35. The van der Waals surface area contributed by atoms with Gasteiger partial charge in [-0.1, -0.05) is 6.07 Å². The first-order valence-electron chi connectivity index (χ1n) is 11.6. The lowest BCUT2D eigenvalue weighted by molar-refractivity contribution is -0.123. The van der Waals surface area contributed by atoms with Crippen molar-refractivity contribution < 1.29 is 14.0 Å². The van der Waals surface area contributed by atoms with Gasteiger partial charge in [0.25, 0.3) is 0 Å². The first-order valence-corrected chi connectivity index (χ1v) is 11.6. The van der Waals surface area contributed by atoms with Crippen molar-refractivity contribution in [2.24, 2.45) is 18.4 Å². The number of nitriles is 1. The normalized spacial score (nSPS) is 19.6. The van der Waals surface area contributed by atoms with Gasteiger partial charge in [0.15, 0.2) is 0 Å². The van der Waals surface area contributed by atoms with Gasteiger partial charge in [0.2, 0.25) is 11.8 Å². The van der Waals surface area contributed by atoms with Crippen LogP contribution in [0.2, 0.25) is 0 Å². The quantitative estimate of drug-likeness (QED) is 0.588. The SMILES string of the molecule is Cc1cc(N2CC[C@@](C#N)(C3CC3)C2=O)cc(NC(=O)Cc2cc(F)cc(-c3cnn(C)c3)c2)n1. The van der Waals surface area contributed by atoms with Crippen LogP contribution in [0.15, 0.2) is 42.7 Å². The molecule has 1 aliphatic carbocycles. The summed E-state index contributed by atoms with van der Waals surface area (Å²) in [6.45, 7) is 2.24. The Kier molecular flexibility index (Phi) is 5.59. The van der Waals surface area contributed by atoms with Crippen LogP contribution >= 0.6 is 0 Å². The minimum Gasteiger partial charge on any atom is -0.311 e. The summed E-state index contributed by atoms with van der Waals surface area (Å²) in [6, 6.07) is 10.2. The Labute approximate surface area is 202 Å². The zero-order valence-corrected chi connectivity index (χ0v) is 19.6. The van der Waals surface area contributed by atoms with E-state index in [0.717, 1.165) is 18.4 Å². The third-order valence-corrected chi connectivity index (χ3v) is 6.71. The summed E-state index contributed by atoms with van der Waals surface area (Å²) in [6.07, 6.45) is 5.70. The Bertz CT molecular complexity index is 1370. The number of anilines is 2. The monoisotopic (exact) mass is 472 g/mol. The lowest BCUT2D eigenvalue weighted by atomic mass is 9.83. The van der Waals surface area contributed by atoms with Crippen molar-refractivity contribution >= 4 is 23.3 Å². The van der Waals surface area contributed by atoms with Crippen LogP contribution in [0.3, 0.4) is 0 Å². The third kappa shape index (κ3) is 4.39. The first-order chi connectivity index (χ1) is 16.8. The molecule has 3 heterocycles. The fourth-order valence-corrected chi connectivity index (χ4v) is 4.87. The van der Waals surface area contributed by atoms with Gasteiger partial charge in [-0.2, -0.15) is 10.4 Å². The molecular formula is C26H25FN6O2. The summed E-state index contributed by atoms with van der Waals surface area (Å²) in [4.78, 5) is 32.0. The van der Waals surface area contributed by atoms with Gasteiger partial charge in [-0.25, -0.2) is 9.37 Å². The molecule has 5 rings (SSSR count). The van der Waals surface area contributed by atoms with E-state index in [9.17, 15) is 19.2 Å². The number of halogens is 1. The Hall–Kier alpha value is -4.06. The van der Waals surface area contributed by atoms with Gasteiger partial charge in [0.1, 0.15) is 17.1 Å². The van der Waals surface area contributed by atoms with Crippen LogP contribution in [-0.4, -0.2) is 33.1 Å². The molecule has 2 amide bonds. The minimum absolute atomic E-state index is 0.0438. The van der Waals surface area contributed by atoms with Gasteiger partial charge in [-0.05, 0) is 61.4 Å². The molecule has 0 bridgehead atoms. The molecule has 9 heteroatoms. The van der Waals surface area contributed by atoms with Crippen molar-refractivity contribution in [3.63, 3.8) is 0 Å². The molecule has 3 aromatic rings. The van der Waals surface area contributed by atoms with Crippen molar-refractivity contribution in [3.8, 4) is 17.2 Å². The Balaban J connectivity index is 1.33. The van der Waals surface area contributed by atoms with E-state index in [4.69, 9.17) is 0 Å². The summed E-state index contributed by atoms with van der Waals surface area (Å²) in [7, 11) is 1.78. The molecule has 1 aromatic carbocycles. The van der Waals surface area contributed by atoms with E-state index in [1.165, 1.54) is 12.1 Å². The molecule has 0 unspecified atom stereocenters. The fourth-order valence-electron chi connectivity index (χ4n) is 4.87. The number of pyridine rings is 1. The molecule has 1 aliphatic heterocycles. The van der Waals surface area contributed by atoms with Gasteiger partial charge in [0, 0.05) is 42.8 Å². The minimum atomic E-state index is -0.941. The highest BCUT2D eigenvalue weighted by Gasteiger charge is 2.56. The van der Waals surface area contributed by atoms with E-state index in [1.807, 2.05) is 0 Å². The first kappa shape index (κ1) is 22.7. The molecule has 2 fully saturated rings. The fraction of sp³-hybridized carbons (Fsp3) is 0.346. The average molecular weight is 473 g/mol. The molecule has 2 aromatic heterocycles. The van der Waals surface area contributed by atoms with Gasteiger partial charge < -0.3 is 10.2 Å². The Morgan fingerprint density at radius 3 is 2.74 bits per heavy atom. The number of nitrogens with one attached hydrogen (secondary N) is 1. The van der Waals surface area contributed by atoms with Crippen LogP contribution in [0.4, 0.5) is 15.9 Å². The number of aryl methyl sites for hydroxylation is 2. The van der Waals surface area contributed by atoms with E-state index < -0.39 is 11.2 Å². The topological polar surface area (TPSA) is 104 Å². The molecule has 1 atom stereocenters. The molecular weight excluding hydrogens is 447 g/mol. The molecule has 0 radical (unpaired) electrons. The Morgan fingerprint density at radius 2 is 2.06 bits per heavy atom. The summed E-state index contributed by atoms with van der Waals surface area (Å²) >= 11 is 0. The lowest BCUT2D eigenvalue weighted by Gasteiger charge is -2.21. The van der Waals surface area contributed by atoms with Crippen LogP contribution in [0.5, 0.6) is 0 Å². The summed E-state index contributed by atoms with van der Waals surface area (Å²) in [5.74, 6) is -0.520. The zero-order valence-electron chi connectivity index (χ0n) is 19.6. The number of amides is 2. The number of carbonyl (C=O) groups is 2. The van der Waals surface area contributed by atoms with Gasteiger partial charge in [-0.3, -0.25) is 14.3 Å². The molecule has 0 spiro atoms. The van der Waals surface area contributed by atoms with Crippen LogP contribution in [0.1, 0.15) is 30.5 Å². The average Bonchev–Trinajstić information content (AvgIpc) is 3.47. The number of aromatic nitrogens is 3. The highest BCUT2D eigenvalue weighted by molar-refractivity contribution is 6.02. The Morgan fingerprint density at radius 1 is 1.26 bits per heavy atom. The maximum absolute atomic E-state index is 14.2. The van der Waals surface area contributed by atoms with Crippen molar-refractivity contribution in [2.75, 3.05) is 16.8 Å². The van der Waals surface area contributed by atoms with Crippen LogP contribution in [0.25, 0.3) is 11.1 Å². The van der Waals surface area contributed by atoms with Crippen LogP contribution in [0, 0.1) is 35.4 Å². The number of benzene rings is 1. The highest BCUT2D eigenvalue weighted by atomic mass is 19.1. The molecule has 2 aliphatic rings. The van der Waals surface area contributed by atoms with E-state index in [-0.39, 0.29) is 24.2 Å². The standard InChI is InChI=1S/C26H25FN6O2/c1-16-7-22(33-6-5-26(15-28,25(33)35)20-3-4-20)12-23(30-16)31-24(34)10-17-8-18(11-21(27)9-17)19-13-29-32(2)14-19/h7-9,11-14,20H,3-6,10H2,1-2H3,(H,30,31,34)/t26-/m1/s1.